The lowest BCUT2D eigenvalue weighted by atomic mass is 10.3. The molecule has 0 aliphatic rings. The number of carboxylic acids is 1. The number of hydrogen-bond donors (Lipinski definition) is 1. The van der Waals surface area contributed by atoms with Crippen molar-refractivity contribution in [3.8, 4) is 5.69 Å². The highest BCUT2D eigenvalue weighted by atomic mass is 32.2. The predicted octanol–water partition coefficient (Wildman–Crippen LogP) is 0.974. The number of aromatic nitrogens is 2. The van der Waals surface area contributed by atoms with Gasteiger partial charge in [0, 0.05) is 6.26 Å². The zero-order valence-corrected chi connectivity index (χ0v) is 10.3. The molecule has 0 amide bonds. The van der Waals surface area contributed by atoms with Crippen LogP contribution in [0.5, 0.6) is 0 Å². The van der Waals surface area contributed by atoms with Crippen molar-refractivity contribution >= 4 is 15.8 Å². The molecule has 2 rings (SSSR count). The van der Waals surface area contributed by atoms with Gasteiger partial charge in [0.05, 0.1) is 16.8 Å². The maximum atomic E-state index is 11.3. The maximum Gasteiger partial charge on any atom is 0.354 e. The smallest absolute Gasteiger partial charge is 0.354 e. The van der Waals surface area contributed by atoms with Gasteiger partial charge in [-0.3, -0.25) is 0 Å². The Bertz CT molecular complexity index is 686. The van der Waals surface area contributed by atoms with Crippen molar-refractivity contribution < 1.29 is 18.3 Å². The van der Waals surface area contributed by atoms with E-state index >= 15 is 0 Å². The molecule has 94 valence electrons. The molecule has 2 aromatic rings. The van der Waals surface area contributed by atoms with E-state index < -0.39 is 15.8 Å². The molecule has 18 heavy (non-hydrogen) atoms. The van der Waals surface area contributed by atoms with Crippen LogP contribution in [0.3, 0.4) is 0 Å². The summed E-state index contributed by atoms with van der Waals surface area (Å²) in [5.41, 5.74) is 0.506. The Hall–Kier alpha value is -2.15. The lowest BCUT2D eigenvalue weighted by molar-refractivity contribution is 0.0687. The van der Waals surface area contributed by atoms with Crippen LogP contribution in [0.1, 0.15) is 10.5 Å². The Morgan fingerprint density at radius 2 is 1.83 bits per heavy atom. The zero-order chi connectivity index (χ0) is 13.3. The molecule has 0 bridgehead atoms. The Morgan fingerprint density at radius 1 is 1.22 bits per heavy atom. The van der Waals surface area contributed by atoms with Crippen LogP contribution in [0.4, 0.5) is 0 Å². The minimum Gasteiger partial charge on any atom is -0.477 e. The van der Waals surface area contributed by atoms with Crippen molar-refractivity contribution in [2.75, 3.05) is 6.26 Å². The van der Waals surface area contributed by atoms with Crippen LogP contribution in [0, 0.1) is 0 Å². The predicted molar refractivity (Wildman–Crippen MR) is 63.6 cm³/mol. The van der Waals surface area contributed by atoms with Crippen molar-refractivity contribution in [1.29, 1.82) is 0 Å². The molecule has 0 saturated carbocycles. The zero-order valence-electron chi connectivity index (χ0n) is 9.44. The molecule has 7 heteroatoms. The van der Waals surface area contributed by atoms with Crippen LogP contribution in [0.2, 0.25) is 0 Å². The summed E-state index contributed by atoms with van der Waals surface area (Å²) < 4.78 is 23.8. The number of rotatable bonds is 3. The van der Waals surface area contributed by atoms with Crippen LogP contribution < -0.4 is 0 Å². The van der Waals surface area contributed by atoms with Gasteiger partial charge in [0.15, 0.2) is 15.5 Å². The van der Waals surface area contributed by atoms with Gasteiger partial charge < -0.3 is 5.11 Å². The summed E-state index contributed by atoms with van der Waals surface area (Å²) in [6, 6.07) is 7.22. The molecular formula is C11H10N2O4S. The Morgan fingerprint density at radius 3 is 2.33 bits per heavy atom. The van der Waals surface area contributed by atoms with E-state index in [1.165, 1.54) is 41.2 Å². The number of benzene rings is 1. The Labute approximate surface area is 103 Å². The van der Waals surface area contributed by atoms with E-state index in [4.69, 9.17) is 5.11 Å². The first-order valence-corrected chi connectivity index (χ1v) is 6.86. The SMILES string of the molecule is CS(=O)(=O)c1ccc(-n2nccc2C(=O)O)cc1. The lowest BCUT2D eigenvalue weighted by Crippen LogP contribution is -2.08. The summed E-state index contributed by atoms with van der Waals surface area (Å²) in [6.07, 6.45) is 2.48. The number of carbonyl (C=O) groups is 1. The van der Waals surface area contributed by atoms with Crippen LogP contribution in [0.25, 0.3) is 5.69 Å². The van der Waals surface area contributed by atoms with Gasteiger partial charge in [-0.2, -0.15) is 5.10 Å². The Balaban J connectivity index is 2.47. The molecule has 1 N–H and O–H groups in total. The second kappa shape index (κ2) is 4.26. The minimum atomic E-state index is -3.26. The molecule has 0 fully saturated rings. The minimum absolute atomic E-state index is 0.0158. The topological polar surface area (TPSA) is 89.3 Å². The van der Waals surface area contributed by atoms with Crippen LogP contribution in [-0.4, -0.2) is 35.5 Å². The quantitative estimate of drug-likeness (QED) is 0.894. The van der Waals surface area contributed by atoms with Gasteiger partial charge in [-0.15, -0.1) is 0 Å². The molecule has 6 nitrogen and oxygen atoms in total. The molecular weight excluding hydrogens is 256 g/mol. The first-order valence-electron chi connectivity index (χ1n) is 4.97. The van der Waals surface area contributed by atoms with Gasteiger partial charge in [0.2, 0.25) is 0 Å². The number of aromatic carboxylic acids is 1. The van der Waals surface area contributed by atoms with Gasteiger partial charge in [0.1, 0.15) is 0 Å². The fourth-order valence-corrected chi connectivity index (χ4v) is 2.14. The van der Waals surface area contributed by atoms with Crippen LogP contribution in [-0.2, 0) is 9.84 Å². The molecule has 0 spiro atoms. The van der Waals surface area contributed by atoms with E-state index in [1.807, 2.05) is 0 Å². The van der Waals surface area contributed by atoms with E-state index in [0.717, 1.165) is 6.26 Å². The average Bonchev–Trinajstić information content (AvgIpc) is 2.77. The highest BCUT2D eigenvalue weighted by molar-refractivity contribution is 7.90. The van der Waals surface area contributed by atoms with Crippen molar-refractivity contribution in [2.24, 2.45) is 0 Å². The highest BCUT2D eigenvalue weighted by Gasteiger charge is 2.12. The average molecular weight is 266 g/mol. The summed E-state index contributed by atoms with van der Waals surface area (Å²) in [7, 11) is -3.26. The fourth-order valence-electron chi connectivity index (χ4n) is 1.51. The summed E-state index contributed by atoms with van der Waals surface area (Å²) >= 11 is 0. The van der Waals surface area contributed by atoms with E-state index in [-0.39, 0.29) is 10.6 Å². The molecule has 1 aromatic heterocycles. The molecule has 0 radical (unpaired) electrons. The monoisotopic (exact) mass is 266 g/mol. The number of hydrogen-bond acceptors (Lipinski definition) is 4. The molecule has 0 aliphatic carbocycles. The highest BCUT2D eigenvalue weighted by Crippen LogP contribution is 2.14. The maximum absolute atomic E-state index is 11.3. The molecule has 0 saturated heterocycles. The van der Waals surface area contributed by atoms with Crippen LogP contribution >= 0.6 is 0 Å². The third-order valence-corrected chi connectivity index (χ3v) is 3.50. The Kier molecular flexibility index (Phi) is 2.92. The normalized spacial score (nSPS) is 11.4. The third-order valence-electron chi connectivity index (χ3n) is 2.37. The summed E-state index contributed by atoms with van der Waals surface area (Å²) in [4.78, 5) is 11.1. The van der Waals surface area contributed by atoms with Gasteiger partial charge in [-0.25, -0.2) is 17.9 Å². The largest absolute Gasteiger partial charge is 0.477 e. The van der Waals surface area contributed by atoms with E-state index in [2.05, 4.69) is 5.10 Å². The van der Waals surface area contributed by atoms with Crippen molar-refractivity contribution in [2.45, 2.75) is 4.90 Å². The summed E-state index contributed by atoms with van der Waals surface area (Å²) in [5.74, 6) is -1.10. The standard InChI is InChI=1S/C11H10N2O4S/c1-18(16,17)9-4-2-8(3-5-9)13-10(11(14)15)6-7-12-13/h2-7H,1H3,(H,14,15). The number of sulfone groups is 1. The van der Waals surface area contributed by atoms with Crippen LogP contribution in [0.15, 0.2) is 41.4 Å². The first kappa shape index (κ1) is 12.3. The molecule has 0 unspecified atom stereocenters. The number of nitrogens with zero attached hydrogens (tertiary/aromatic N) is 2. The number of carboxylic acid groups (broad SMARTS) is 1. The van der Waals surface area contributed by atoms with Gasteiger partial charge in [0.25, 0.3) is 0 Å². The molecule has 1 heterocycles. The van der Waals surface area contributed by atoms with Crippen molar-refractivity contribution in [3.63, 3.8) is 0 Å². The van der Waals surface area contributed by atoms with Gasteiger partial charge in [-0.1, -0.05) is 0 Å². The van der Waals surface area contributed by atoms with Crippen molar-refractivity contribution in [1.82, 2.24) is 9.78 Å². The lowest BCUT2D eigenvalue weighted by Gasteiger charge is -2.05. The molecule has 0 aliphatic heterocycles. The second-order valence-corrected chi connectivity index (χ2v) is 5.72. The van der Waals surface area contributed by atoms with Gasteiger partial charge >= 0.3 is 5.97 Å². The van der Waals surface area contributed by atoms with Gasteiger partial charge in [-0.05, 0) is 30.3 Å². The fraction of sp³-hybridized carbons (Fsp3) is 0.0909. The summed E-state index contributed by atoms with van der Waals surface area (Å²) in [5, 5.41) is 12.8. The van der Waals surface area contributed by atoms with E-state index in [9.17, 15) is 13.2 Å². The molecule has 1 aromatic carbocycles. The van der Waals surface area contributed by atoms with Crippen molar-refractivity contribution in [3.05, 3.63) is 42.2 Å². The van der Waals surface area contributed by atoms with E-state index in [0.29, 0.717) is 5.69 Å². The first-order chi connectivity index (χ1) is 8.39. The summed E-state index contributed by atoms with van der Waals surface area (Å²) in [6.45, 7) is 0. The third kappa shape index (κ3) is 2.25. The van der Waals surface area contributed by atoms with E-state index in [1.54, 1.807) is 0 Å². The second-order valence-electron chi connectivity index (χ2n) is 3.70. The molecule has 0 atom stereocenters.